The molecule has 1 aromatic carbocycles. The molecule has 0 bridgehead atoms. The first-order valence-corrected chi connectivity index (χ1v) is 11.3. The number of nitrogens with zero attached hydrogens (tertiary/aromatic N) is 5. The molecular formula is C18H23N5O2S2. The first-order valence-electron chi connectivity index (χ1n) is 9.07. The number of anilines is 1. The predicted molar refractivity (Wildman–Crippen MR) is 107 cm³/mol. The Bertz CT molecular complexity index is 1080. The van der Waals surface area contributed by atoms with Gasteiger partial charge < -0.3 is 4.90 Å². The van der Waals surface area contributed by atoms with E-state index in [1.54, 1.807) is 11.2 Å². The zero-order valence-electron chi connectivity index (χ0n) is 15.7. The maximum Gasteiger partial charge on any atom is 0.262 e. The van der Waals surface area contributed by atoms with Crippen LogP contribution >= 0.6 is 11.3 Å². The van der Waals surface area contributed by atoms with Gasteiger partial charge in [-0.15, -0.1) is 0 Å². The third kappa shape index (κ3) is 3.24. The maximum absolute atomic E-state index is 13.3. The van der Waals surface area contributed by atoms with Crippen molar-refractivity contribution in [2.75, 3.05) is 31.1 Å². The van der Waals surface area contributed by atoms with Crippen molar-refractivity contribution in [2.45, 2.75) is 32.2 Å². The van der Waals surface area contributed by atoms with Crippen molar-refractivity contribution in [3.05, 3.63) is 40.5 Å². The lowest BCUT2D eigenvalue weighted by atomic mass is 10.2. The lowest BCUT2D eigenvalue weighted by Gasteiger charge is -2.35. The van der Waals surface area contributed by atoms with Crippen LogP contribution in [0.25, 0.3) is 4.96 Å². The molecule has 0 unspecified atom stereocenters. The number of hydrogen-bond donors (Lipinski definition) is 0. The van der Waals surface area contributed by atoms with Crippen molar-refractivity contribution in [1.29, 1.82) is 0 Å². The van der Waals surface area contributed by atoms with Crippen LogP contribution in [0.3, 0.4) is 0 Å². The summed E-state index contributed by atoms with van der Waals surface area (Å²) in [6.07, 6.45) is 0.766. The van der Waals surface area contributed by atoms with Crippen LogP contribution in [-0.2, 0) is 16.4 Å². The smallest absolute Gasteiger partial charge is 0.262 e. The zero-order chi connectivity index (χ0) is 19.2. The van der Waals surface area contributed by atoms with Crippen molar-refractivity contribution in [1.82, 2.24) is 18.9 Å². The standard InChI is InChI=1S/C18H23N5O2S2/c1-4-16-20-23-17(14(3)19-18(23)26-16)27(24,25)22-10-8-21(9-11-22)15-7-5-6-13(2)12-15/h5-7,12H,4,8-11H2,1-3H3. The molecule has 4 rings (SSSR count). The Kier molecular flexibility index (Phi) is 4.69. The molecule has 7 nitrogen and oxygen atoms in total. The van der Waals surface area contributed by atoms with E-state index in [0.717, 1.165) is 17.1 Å². The number of sulfonamides is 1. The van der Waals surface area contributed by atoms with Crippen LogP contribution in [0.1, 0.15) is 23.2 Å². The topological polar surface area (TPSA) is 70.8 Å². The van der Waals surface area contributed by atoms with E-state index in [1.165, 1.54) is 21.4 Å². The van der Waals surface area contributed by atoms with Gasteiger partial charge in [0.15, 0.2) is 5.03 Å². The van der Waals surface area contributed by atoms with Gasteiger partial charge in [-0.1, -0.05) is 30.4 Å². The summed E-state index contributed by atoms with van der Waals surface area (Å²) in [4.78, 5) is 7.29. The van der Waals surface area contributed by atoms with Crippen LogP contribution in [0.15, 0.2) is 29.3 Å². The van der Waals surface area contributed by atoms with E-state index < -0.39 is 10.0 Å². The van der Waals surface area contributed by atoms with Gasteiger partial charge in [0.25, 0.3) is 10.0 Å². The average Bonchev–Trinajstić information content (AvgIpc) is 3.17. The summed E-state index contributed by atoms with van der Waals surface area (Å²) in [5.41, 5.74) is 2.86. The second-order valence-electron chi connectivity index (χ2n) is 6.78. The lowest BCUT2D eigenvalue weighted by Crippen LogP contribution is -2.49. The van der Waals surface area contributed by atoms with E-state index in [2.05, 4.69) is 40.1 Å². The van der Waals surface area contributed by atoms with Crippen LogP contribution in [0, 0.1) is 13.8 Å². The van der Waals surface area contributed by atoms with E-state index >= 15 is 0 Å². The van der Waals surface area contributed by atoms with Crippen molar-refractivity contribution < 1.29 is 8.42 Å². The minimum atomic E-state index is -3.63. The molecule has 1 aliphatic rings. The number of aryl methyl sites for hydroxylation is 3. The molecule has 0 N–H and O–H groups in total. The highest BCUT2D eigenvalue weighted by atomic mass is 32.2. The first kappa shape index (κ1) is 18.4. The molecule has 9 heteroatoms. The van der Waals surface area contributed by atoms with Crippen molar-refractivity contribution in [3.8, 4) is 0 Å². The van der Waals surface area contributed by atoms with Crippen molar-refractivity contribution in [2.24, 2.45) is 0 Å². The molecule has 0 radical (unpaired) electrons. The van der Waals surface area contributed by atoms with E-state index in [4.69, 9.17) is 0 Å². The van der Waals surface area contributed by atoms with Crippen LogP contribution < -0.4 is 4.90 Å². The molecule has 0 atom stereocenters. The van der Waals surface area contributed by atoms with Crippen molar-refractivity contribution in [3.63, 3.8) is 0 Å². The van der Waals surface area contributed by atoms with Gasteiger partial charge in [-0.3, -0.25) is 0 Å². The number of piperazine rings is 1. The van der Waals surface area contributed by atoms with Gasteiger partial charge in [0.05, 0.1) is 5.69 Å². The third-order valence-corrected chi connectivity index (χ3v) is 7.91. The highest BCUT2D eigenvalue weighted by Gasteiger charge is 2.34. The number of fused-ring (bicyclic) bond motifs is 1. The summed E-state index contributed by atoms with van der Waals surface area (Å²) in [6.45, 7) is 8.05. The number of imidazole rings is 1. The number of hydrogen-bond acceptors (Lipinski definition) is 6. The fourth-order valence-corrected chi connectivity index (χ4v) is 6.03. The fraction of sp³-hybridized carbons (Fsp3) is 0.444. The molecule has 1 aliphatic heterocycles. The van der Waals surface area contributed by atoms with Gasteiger partial charge in [0.1, 0.15) is 5.01 Å². The summed E-state index contributed by atoms with van der Waals surface area (Å²) < 4.78 is 29.6. The van der Waals surface area contributed by atoms with Gasteiger partial charge in [0.2, 0.25) is 4.96 Å². The Balaban J connectivity index is 1.59. The Labute approximate surface area is 163 Å². The highest BCUT2D eigenvalue weighted by Crippen LogP contribution is 2.26. The van der Waals surface area contributed by atoms with Crippen LogP contribution in [-0.4, -0.2) is 53.5 Å². The van der Waals surface area contributed by atoms with E-state index in [-0.39, 0.29) is 5.03 Å². The normalized spacial score (nSPS) is 16.3. The second-order valence-corrected chi connectivity index (χ2v) is 9.67. The largest absolute Gasteiger partial charge is 0.369 e. The third-order valence-electron chi connectivity index (χ3n) is 4.86. The lowest BCUT2D eigenvalue weighted by molar-refractivity contribution is 0.382. The van der Waals surface area contributed by atoms with Gasteiger partial charge in [-0.25, -0.2) is 13.4 Å². The zero-order valence-corrected chi connectivity index (χ0v) is 17.3. The quantitative estimate of drug-likeness (QED) is 0.667. The fourth-order valence-electron chi connectivity index (χ4n) is 3.44. The van der Waals surface area contributed by atoms with Crippen LogP contribution in [0.5, 0.6) is 0 Å². The molecule has 0 saturated carbocycles. The predicted octanol–water partition coefficient (Wildman–Crippen LogP) is 2.48. The molecule has 3 aromatic rings. The molecular weight excluding hydrogens is 382 g/mol. The first-order chi connectivity index (χ1) is 12.9. The highest BCUT2D eigenvalue weighted by molar-refractivity contribution is 7.89. The van der Waals surface area contributed by atoms with Gasteiger partial charge in [-0.2, -0.15) is 13.9 Å². The monoisotopic (exact) mass is 405 g/mol. The summed E-state index contributed by atoms with van der Waals surface area (Å²) in [6, 6.07) is 8.31. The summed E-state index contributed by atoms with van der Waals surface area (Å²) in [5.74, 6) is 0. The Morgan fingerprint density at radius 1 is 1.15 bits per heavy atom. The number of rotatable bonds is 4. The molecule has 0 amide bonds. The van der Waals surface area contributed by atoms with Crippen LogP contribution in [0.2, 0.25) is 0 Å². The molecule has 27 heavy (non-hydrogen) atoms. The minimum Gasteiger partial charge on any atom is -0.369 e. The maximum atomic E-state index is 13.3. The second kappa shape index (κ2) is 6.88. The molecule has 0 spiro atoms. The van der Waals surface area contributed by atoms with Gasteiger partial charge in [-0.05, 0) is 38.0 Å². The van der Waals surface area contributed by atoms with E-state index in [1.807, 2.05) is 13.0 Å². The Hall–Kier alpha value is -1.97. The summed E-state index contributed by atoms with van der Waals surface area (Å²) in [5, 5.41) is 5.53. The molecule has 144 valence electrons. The average molecular weight is 406 g/mol. The SMILES string of the molecule is CCc1nn2c(S(=O)(=O)N3CCN(c4cccc(C)c4)CC3)c(C)nc2s1. The number of aromatic nitrogens is 3. The van der Waals surface area contributed by atoms with E-state index in [0.29, 0.717) is 36.8 Å². The van der Waals surface area contributed by atoms with E-state index in [9.17, 15) is 8.42 Å². The van der Waals surface area contributed by atoms with Gasteiger partial charge in [0, 0.05) is 31.9 Å². The van der Waals surface area contributed by atoms with Crippen molar-refractivity contribution >= 4 is 32.0 Å². The summed E-state index contributed by atoms with van der Waals surface area (Å²) in [7, 11) is -3.63. The Morgan fingerprint density at radius 3 is 2.56 bits per heavy atom. The Morgan fingerprint density at radius 2 is 1.89 bits per heavy atom. The minimum absolute atomic E-state index is 0.206. The number of benzene rings is 1. The molecule has 1 fully saturated rings. The molecule has 2 aromatic heterocycles. The van der Waals surface area contributed by atoms with Gasteiger partial charge >= 0.3 is 0 Å². The van der Waals surface area contributed by atoms with Crippen LogP contribution in [0.4, 0.5) is 5.69 Å². The summed E-state index contributed by atoms with van der Waals surface area (Å²) >= 11 is 1.44. The molecule has 3 heterocycles. The molecule has 1 saturated heterocycles. The molecule has 0 aliphatic carbocycles.